The Hall–Kier alpha value is -1.95. The molecule has 0 saturated heterocycles. The van der Waals surface area contributed by atoms with Crippen LogP contribution < -0.4 is 0 Å². The Balaban J connectivity index is 1.98. The second-order valence-corrected chi connectivity index (χ2v) is 7.23. The Kier molecular flexibility index (Phi) is 4.10. The number of hydrogen-bond acceptors (Lipinski definition) is 3. The van der Waals surface area contributed by atoms with Gasteiger partial charge in [0.05, 0.1) is 33.3 Å². The number of benzene rings is 1. The molecule has 1 atom stereocenters. The normalized spacial score (nSPS) is 12.7. The second-order valence-electron chi connectivity index (χ2n) is 5.88. The van der Waals surface area contributed by atoms with Crippen LogP contribution in [0.4, 0.5) is 0 Å². The number of aromatic nitrogens is 3. The highest BCUT2D eigenvalue weighted by molar-refractivity contribution is 7.84. The van der Waals surface area contributed by atoms with Crippen LogP contribution in [0.2, 0.25) is 0 Å². The summed E-state index contributed by atoms with van der Waals surface area (Å²) in [5, 5.41) is 0.380. The molecule has 0 aliphatic rings. The molecule has 23 heavy (non-hydrogen) atoms. The molecule has 0 bridgehead atoms. The summed E-state index contributed by atoms with van der Waals surface area (Å²) >= 11 is 0. The van der Waals surface area contributed by atoms with E-state index in [1.807, 2.05) is 45.2 Å². The van der Waals surface area contributed by atoms with Crippen molar-refractivity contribution in [3.63, 3.8) is 0 Å². The zero-order chi connectivity index (χ0) is 16.7. The first-order chi connectivity index (χ1) is 10.9. The van der Waals surface area contributed by atoms with Crippen molar-refractivity contribution in [1.82, 2.24) is 14.4 Å². The van der Waals surface area contributed by atoms with Crippen LogP contribution in [0.25, 0.3) is 11.0 Å². The highest BCUT2D eigenvalue weighted by Gasteiger charge is 2.16. The van der Waals surface area contributed by atoms with Crippen LogP contribution in [0.15, 0.2) is 29.6 Å². The van der Waals surface area contributed by atoms with Crippen molar-refractivity contribution in [3.05, 3.63) is 52.3 Å². The largest absolute Gasteiger partial charge is 0.374 e. The van der Waals surface area contributed by atoms with Gasteiger partial charge in [-0.1, -0.05) is 6.07 Å². The van der Waals surface area contributed by atoms with E-state index in [4.69, 9.17) is 7.98 Å². The van der Waals surface area contributed by atoms with Crippen molar-refractivity contribution in [2.24, 2.45) is 0 Å². The van der Waals surface area contributed by atoms with Crippen LogP contribution >= 0.6 is 0 Å². The van der Waals surface area contributed by atoms with Crippen LogP contribution in [-0.2, 0) is 16.6 Å². The van der Waals surface area contributed by atoms with Crippen molar-refractivity contribution in [2.75, 3.05) is 0 Å². The lowest BCUT2D eigenvalue weighted by molar-refractivity contribution is 0.675. The lowest BCUT2D eigenvalue weighted by Gasteiger charge is -2.10. The molecule has 116 valence electrons. The Labute approximate surface area is 139 Å². The SMILES string of the molecule is [B]n1c(S(=O)Cc2ncc(C)c(C)c2C)nc2cc(C)ccc21. The lowest BCUT2D eigenvalue weighted by Crippen LogP contribution is -2.08. The summed E-state index contributed by atoms with van der Waals surface area (Å²) in [7, 11) is 4.73. The molecule has 1 unspecified atom stereocenters. The average Bonchev–Trinajstić information content (AvgIpc) is 2.84. The summed E-state index contributed by atoms with van der Waals surface area (Å²) in [5.74, 6) is 0.312. The minimum atomic E-state index is -1.35. The Morgan fingerprint density at radius 3 is 2.65 bits per heavy atom. The van der Waals surface area contributed by atoms with Crippen molar-refractivity contribution in [1.29, 1.82) is 0 Å². The van der Waals surface area contributed by atoms with E-state index in [0.29, 0.717) is 10.9 Å². The molecule has 3 aromatic rings. The van der Waals surface area contributed by atoms with Gasteiger partial charge in [-0.25, -0.2) is 4.98 Å². The van der Waals surface area contributed by atoms with Crippen LogP contribution in [0, 0.1) is 27.7 Å². The molecule has 2 aromatic heterocycles. The first-order valence-electron chi connectivity index (χ1n) is 7.42. The number of nitrogens with zero attached hydrogens (tertiary/aromatic N) is 3. The molecular formula is C17H18BN3OS. The van der Waals surface area contributed by atoms with Gasteiger partial charge >= 0.3 is 0 Å². The zero-order valence-corrected chi connectivity index (χ0v) is 14.6. The van der Waals surface area contributed by atoms with E-state index in [0.717, 1.165) is 33.4 Å². The van der Waals surface area contributed by atoms with Crippen molar-refractivity contribution >= 4 is 29.8 Å². The predicted octanol–water partition coefficient (Wildman–Crippen LogP) is 2.90. The Morgan fingerprint density at radius 1 is 1.17 bits per heavy atom. The molecule has 0 amide bonds. The van der Waals surface area contributed by atoms with Gasteiger partial charge in [0.2, 0.25) is 7.98 Å². The van der Waals surface area contributed by atoms with Crippen molar-refractivity contribution in [3.8, 4) is 0 Å². The second kappa shape index (κ2) is 5.93. The maximum atomic E-state index is 12.7. The summed E-state index contributed by atoms with van der Waals surface area (Å²) in [4.78, 5) is 8.88. The fraction of sp³-hybridized carbons (Fsp3) is 0.294. The summed E-state index contributed by atoms with van der Waals surface area (Å²) in [6, 6.07) is 5.81. The molecule has 0 saturated carbocycles. The number of rotatable bonds is 3. The van der Waals surface area contributed by atoms with E-state index in [-0.39, 0.29) is 0 Å². The van der Waals surface area contributed by atoms with Crippen LogP contribution in [-0.4, -0.2) is 26.6 Å². The van der Waals surface area contributed by atoms with Gasteiger partial charge in [0.15, 0.2) is 5.16 Å². The monoisotopic (exact) mass is 323 g/mol. The van der Waals surface area contributed by atoms with Gasteiger partial charge in [-0.05, 0) is 62.1 Å². The number of aryl methyl sites for hydroxylation is 2. The van der Waals surface area contributed by atoms with Gasteiger partial charge < -0.3 is 4.48 Å². The summed E-state index contributed by atoms with van der Waals surface area (Å²) < 4.78 is 14.2. The van der Waals surface area contributed by atoms with E-state index in [9.17, 15) is 4.21 Å². The third-order valence-corrected chi connectivity index (χ3v) is 5.52. The number of imidazole rings is 1. The van der Waals surface area contributed by atoms with E-state index in [1.165, 1.54) is 10.0 Å². The maximum absolute atomic E-state index is 12.7. The van der Waals surface area contributed by atoms with Gasteiger partial charge in [-0.2, -0.15) is 0 Å². The highest BCUT2D eigenvalue weighted by atomic mass is 32.2. The van der Waals surface area contributed by atoms with Gasteiger partial charge in [0.25, 0.3) is 0 Å². The molecule has 0 N–H and O–H groups in total. The summed E-state index contributed by atoms with van der Waals surface area (Å²) in [5.41, 5.74) is 6.87. The Bertz CT molecular complexity index is 933. The molecular weight excluding hydrogens is 305 g/mol. The van der Waals surface area contributed by atoms with E-state index < -0.39 is 10.8 Å². The maximum Gasteiger partial charge on any atom is 0.237 e. The molecule has 6 heteroatoms. The molecule has 0 aliphatic carbocycles. The molecule has 0 aliphatic heterocycles. The van der Waals surface area contributed by atoms with Crippen molar-refractivity contribution < 1.29 is 4.21 Å². The minimum Gasteiger partial charge on any atom is -0.374 e. The standard InChI is InChI=1S/C17H18BN3OS/c1-10-5-6-16-14(7-10)20-17(21(16)18)23(22)9-15-13(4)12(3)11(2)8-19-15/h5-8H,9H2,1-4H3. The fourth-order valence-electron chi connectivity index (χ4n) is 2.56. The lowest BCUT2D eigenvalue weighted by atomic mass is 10.1. The van der Waals surface area contributed by atoms with Crippen molar-refractivity contribution in [2.45, 2.75) is 38.6 Å². The van der Waals surface area contributed by atoms with E-state index >= 15 is 0 Å². The zero-order valence-electron chi connectivity index (χ0n) is 13.8. The molecule has 2 heterocycles. The first kappa shape index (κ1) is 15.9. The topological polar surface area (TPSA) is 47.8 Å². The molecule has 3 rings (SSSR count). The molecule has 4 nitrogen and oxygen atoms in total. The predicted molar refractivity (Wildman–Crippen MR) is 94.2 cm³/mol. The average molecular weight is 323 g/mol. The number of fused-ring (bicyclic) bond motifs is 1. The van der Waals surface area contributed by atoms with Gasteiger partial charge in [0, 0.05) is 6.20 Å². The highest BCUT2D eigenvalue weighted by Crippen LogP contribution is 2.21. The van der Waals surface area contributed by atoms with Gasteiger partial charge in [-0.15, -0.1) is 0 Å². The van der Waals surface area contributed by atoms with Crippen LogP contribution in [0.1, 0.15) is 27.9 Å². The molecule has 1 aromatic carbocycles. The fourth-order valence-corrected chi connectivity index (χ4v) is 3.75. The van der Waals surface area contributed by atoms with E-state index in [1.54, 1.807) is 0 Å². The molecule has 0 spiro atoms. The Morgan fingerprint density at radius 2 is 1.91 bits per heavy atom. The summed E-state index contributed by atoms with van der Waals surface area (Å²) in [6.45, 7) is 8.09. The molecule has 0 fully saturated rings. The third-order valence-electron chi connectivity index (χ3n) is 4.28. The van der Waals surface area contributed by atoms with Gasteiger partial charge in [0.1, 0.15) is 0 Å². The van der Waals surface area contributed by atoms with Crippen LogP contribution in [0.3, 0.4) is 0 Å². The van der Waals surface area contributed by atoms with Crippen LogP contribution in [0.5, 0.6) is 0 Å². The van der Waals surface area contributed by atoms with Gasteiger partial charge in [-0.3, -0.25) is 9.19 Å². The number of hydrogen-bond donors (Lipinski definition) is 0. The quantitative estimate of drug-likeness (QED) is 0.696. The van der Waals surface area contributed by atoms with E-state index in [2.05, 4.69) is 16.9 Å². The first-order valence-corrected chi connectivity index (χ1v) is 8.74. The molecule has 2 radical (unpaired) electrons. The number of pyridine rings is 1. The third kappa shape index (κ3) is 2.83. The smallest absolute Gasteiger partial charge is 0.237 e. The summed E-state index contributed by atoms with van der Waals surface area (Å²) in [6.07, 6.45) is 1.82. The minimum absolute atomic E-state index is 0.312.